The summed E-state index contributed by atoms with van der Waals surface area (Å²) in [4.78, 5) is 15.4. The minimum absolute atomic E-state index is 0.0494. The Morgan fingerprint density at radius 3 is 2.57 bits per heavy atom. The summed E-state index contributed by atoms with van der Waals surface area (Å²) in [5, 5.41) is 0. The van der Waals surface area contributed by atoms with Crippen LogP contribution >= 0.6 is 23.5 Å². The summed E-state index contributed by atoms with van der Waals surface area (Å²) in [6, 6.07) is 3.96. The van der Waals surface area contributed by atoms with Gasteiger partial charge >= 0.3 is 0 Å². The van der Waals surface area contributed by atoms with E-state index in [1.165, 1.54) is 0 Å². The SMILES string of the molecule is CCSC(SCC)[C@H]1CCCN1C(=O)c1cc(C)c(OCCCOC(C)C)cc1N. The molecule has 1 amide bonds. The quantitative estimate of drug-likeness (QED) is 0.266. The first-order valence-electron chi connectivity index (χ1n) is 11.1. The first-order valence-corrected chi connectivity index (χ1v) is 13.2. The number of amides is 1. The van der Waals surface area contributed by atoms with E-state index in [9.17, 15) is 4.79 Å². The van der Waals surface area contributed by atoms with E-state index >= 15 is 0 Å². The number of benzene rings is 1. The van der Waals surface area contributed by atoms with Crippen molar-refractivity contribution in [3.8, 4) is 5.75 Å². The number of rotatable bonds is 12. The minimum atomic E-state index is 0.0494. The van der Waals surface area contributed by atoms with Crippen molar-refractivity contribution in [3.05, 3.63) is 23.3 Å². The average molecular weight is 455 g/mol. The van der Waals surface area contributed by atoms with Crippen molar-refractivity contribution in [2.45, 2.75) is 70.6 Å². The Morgan fingerprint density at radius 2 is 1.93 bits per heavy atom. The monoisotopic (exact) mass is 454 g/mol. The maximum Gasteiger partial charge on any atom is 0.256 e. The Bertz CT molecular complexity index is 679. The molecule has 0 spiro atoms. The van der Waals surface area contributed by atoms with Crippen LogP contribution in [-0.2, 0) is 4.74 Å². The van der Waals surface area contributed by atoms with Crippen molar-refractivity contribution in [1.82, 2.24) is 4.90 Å². The molecule has 0 unspecified atom stereocenters. The summed E-state index contributed by atoms with van der Waals surface area (Å²) in [7, 11) is 0. The van der Waals surface area contributed by atoms with Gasteiger partial charge < -0.3 is 20.1 Å². The summed E-state index contributed by atoms with van der Waals surface area (Å²) in [6.07, 6.45) is 3.17. The fourth-order valence-electron chi connectivity index (χ4n) is 3.69. The van der Waals surface area contributed by atoms with Gasteiger partial charge in [-0.15, -0.1) is 23.5 Å². The molecule has 1 saturated heterocycles. The van der Waals surface area contributed by atoms with E-state index in [0.717, 1.165) is 48.6 Å². The summed E-state index contributed by atoms with van der Waals surface area (Å²) in [6.45, 7) is 12.4. The molecule has 2 rings (SSSR count). The lowest BCUT2D eigenvalue weighted by Crippen LogP contribution is -2.41. The Labute approximate surface area is 190 Å². The number of ether oxygens (including phenoxy) is 2. The molecule has 170 valence electrons. The number of likely N-dealkylation sites (tertiary alicyclic amines) is 1. The fourth-order valence-corrected chi connectivity index (χ4v) is 6.55. The topological polar surface area (TPSA) is 64.8 Å². The highest BCUT2D eigenvalue weighted by Crippen LogP contribution is 2.36. The highest BCUT2D eigenvalue weighted by Gasteiger charge is 2.36. The third kappa shape index (κ3) is 6.99. The minimum Gasteiger partial charge on any atom is -0.493 e. The Hall–Kier alpha value is -1.05. The maximum atomic E-state index is 13.4. The van der Waals surface area contributed by atoms with Gasteiger partial charge in [0.25, 0.3) is 5.91 Å². The number of carbonyl (C=O) groups is 1. The number of carbonyl (C=O) groups excluding carboxylic acids is 1. The Morgan fingerprint density at radius 1 is 1.23 bits per heavy atom. The second kappa shape index (κ2) is 12.7. The van der Waals surface area contributed by atoms with E-state index in [4.69, 9.17) is 15.2 Å². The van der Waals surface area contributed by atoms with Gasteiger partial charge in [0.15, 0.2) is 0 Å². The second-order valence-corrected chi connectivity index (χ2v) is 10.9. The summed E-state index contributed by atoms with van der Waals surface area (Å²) in [5.74, 6) is 2.91. The van der Waals surface area contributed by atoms with Gasteiger partial charge in [-0.05, 0) is 56.7 Å². The molecular formula is C23H38N2O3S2. The van der Waals surface area contributed by atoms with Crippen molar-refractivity contribution in [2.24, 2.45) is 0 Å². The van der Waals surface area contributed by atoms with Crippen molar-refractivity contribution in [3.63, 3.8) is 0 Å². The molecule has 1 fully saturated rings. The van der Waals surface area contributed by atoms with E-state index in [1.54, 1.807) is 6.07 Å². The molecule has 1 heterocycles. The van der Waals surface area contributed by atoms with Gasteiger partial charge in [-0.3, -0.25) is 4.79 Å². The van der Waals surface area contributed by atoms with Gasteiger partial charge in [0.1, 0.15) is 5.75 Å². The number of aryl methyl sites for hydroxylation is 1. The van der Waals surface area contributed by atoms with E-state index in [1.807, 2.05) is 55.3 Å². The normalized spacial score (nSPS) is 16.6. The Kier molecular flexibility index (Phi) is 10.7. The van der Waals surface area contributed by atoms with Crippen LogP contribution in [0.1, 0.15) is 62.9 Å². The van der Waals surface area contributed by atoms with Crippen molar-refractivity contribution < 1.29 is 14.3 Å². The van der Waals surface area contributed by atoms with Crippen LogP contribution in [0.3, 0.4) is 0 Å². The fraction of sp³-hybridized carbons (Fsp3) is 0.696. The van der Waals surface area contributed by atoms with Crippen LogP contribution in [0.25, 0.3) is 0 Å². The standard InChI is InChI=1S/C23H38N2O3S2/c1-6-29-23(30-7-2)20-10-8-11-25(20)22(26)18-14-17(5)21(15-19(18)24)28-13-9-12-27-16(3)4/h14-16,20,23H,6-13,24H2,1-5H3/t20-/m1/s1. The van der Waals surface area contributed by atoms with Crippen LogP contribution in [-0.4, -0.2) is 58.8 Å². The lowest BCUT2D eigenvalue weighted by atomic mass is 10.1. The van der Waals surface area contributed by atoms with Gasteiger partial charge in [-0.1, -0.05) is 13.8 Å². The molecule has 0 saturated carbocycles. The lowest BCUT2D eigenvalue weighted by Gasteiger charge is -2.31. The largest absolute Gasteiger partial charge is 0.493 e. The molecule has 1 aromatic carbocycles. The molecule has 1 aromatic rings. The molecule has 0 aliphatic carbocycles. The number of anilines is 1. The highest BCUT2D eigenvalue weighted by atomic mass is 32.2. The van der Waals surface area contributed by atoms with E-state index in [0.29, 0.717) is 29.0 Å². The average Bonchev–Trinajstić information content (AvgIpc) is 3.18. The molecule has 1 aliphatic heterocycles. The summed E-state index contributed by atoms with van der Waals surface area (Å²) < 4.78 is 11.9. The van der Waals surface area contributed by atoms with Crippen molar-refractivity contribution in [2.75, 3.05) is 37.0 Å². The number of nitrogens with two attached hydrogens (primary N) is 1. The van der Waals surface area contributed by atoms with Crippen LogP contribution in [0.2, 0.25) is 0 Å². The summed E-state index contributed by atoms with van der Waals surface area (Å²) >= 11 is 3.89. The van der Waals surface area contributed by atoms with Crippen LogP contribution in [0.15, 0.2) is 12.1 Å². The smallest absolute Gasteiger partial charge is 0.256 e. The van der Waals surface area contributed by atoms with Gasteiger partial charge in [0.2, 0.25) is 0 Å². The molecule has 5 nitrogen and oxygen atoms in total. The molecular weight excluding hydrogens is 416 g/mol. The van der Waals surface area contributed by atoms with Crippen molar-refractivity contribution >= 4 is 35.1 Å². The molecule has 2 N–H and O–H groups in total. The molecule has 1 aliphatic rings. The van der Waals surface area contributed by atoms with Gasteiger partial charge in [-0.25, -0.2) is 0 Å². The van der Waals surface area contributed by atoms with Crippen LogP contribution < -0.4 is 10.5 Å². The van der Waals surface area contributed by atoms with Crippen LogP contribution in [0.5, 0.6) is 5.75 Å². The van der Waals surface area contributed by atoms with Crippen molar-refractivity contribution in [1.29, 1.82) is 0 Å². The van der Waals surface area contributed by atoms with E-state index < -0.39 is 0 Å². The van der Waals surface area contributed by atoms with Gasteiger partial charge in [0.05, 0.1) is 35.5 Å². The molecule has 7 heteroatoms. The van der Waals surface area contributed by atoms with Gasteiger partial charge in [0, 0.05) is 24.7 Å². The zero-order valence-electron chi connectivity index (χ0n) is 19.1. The number of hydrogen-bond acceptors (Lipinski definition) is 6. The predicted molar refractivity (Wildman–Crippen MR) is 131 cm³/mol. The van der Waals surface area contributed by atoms with E-state index in [-0.39, 0.29) is 18.1 Å². The molecule has 1 atom stereocenters. The first kappa shape index (κ1) is 25.2. The first-order chi connectivity index (χ1) is 14.4. The number of nitrogens with zero attached hydrogens (tertiary/aromatic N) is 1. The lowest BCUT2D eigenvalue weighted by molar-refractivity contribution is 0.0694. The third-order valence-corrected chi connectivity index (χ3v) is 7.88. The Balaban J connectivity index is 2.07. The molecule has 0 bridgehead atoms. The molecule has 0 aromatic heterocycles. The maximum absolute atomic E-state index is 13.4. The van der Waals surface area contributed by atoms with Crippen LogP contribution in [0.4, 0.5) is 5.69 Å². The number of thioether (sulfide) groups is 2. The highest BCUT2D eigenvalue weighted by molar-refractivity contribution is 8.17. The zero-order chi connectivity index (χ0) is 22.1. The van der Waals surface area contributed by atoms with Crippen LogP contribution in [0, 0.1) is 6.92 Å². The number of nitrogen functional groups attached to an aromatic ring is 1. The predicted octanol–water partition coefficient (Wildman–Crippen LogP) is 5.21. The zero-order valence-corrected chi connectivity index (χ0v) is 20.7. The second-order valence-electron chi connectivity index (χ2n) is 7.81. The summed E-state index contributed by atoms with van der Waals surface area (Å²) in [5.41, 5.74) is 8.33. The molecule has 30 heavy (non-hydrogen) atoms. The van der Waals surface area contributed by atoms with E-state index in [2.05, 4.69) is 13.8 Å². The third-order valence-electron chi connectivity index (χ3n) is 5.11. The van der Waals surface area contributed by atoms with Gasteiger partial charge in [-0.2, -0.15) is 0 Å². The molecule has 0 radical (unpaired) electrons. The number of hydrogen-bond donors (Lipinski definition) is 1.